The molecule has 0 saturated heterocycles. The number of hydrogen-bond donors (Lipinski definition) is 1. The number of rotatable bonds is 2. The second kappa shape index (κ2) is 3.27. The zero-order valence-electron chi connectivity index (χ0n) is 9.23. The first-order valence-corrected chi connectivity index (χ1v) is 4.92. The summed E-state index contributed by atoms with van der Waals surface area (Å²) in [5.74, 6) is 0.807. The van der Waals surface area contributed by atoms with Crippen molar-refractivity contribution in [2.75, 3.05) is 0 Å². The van der Waals surface area contributed by atoms with Crippen molar-refractivity contribution < 1.29 is 0 Å². The third kappa shape index (κ3) is 2.12. The minimum atomic E-state index is -0.297. The number of nitrogens with two attached hydrogens (primary N) is 1. The van der Waals surface area contributed by atoms with E-state index in [0.29, 0.717) is 6.42 Å². The first kappa shape index (κ1) is 10.0. The van der Waals surface area contributed by atoms with Crippen LogP contribution in [-0.4, -0.2) is 25.4 Å². The molecule has 0 aromatic carbocycles. The van der Waals surface area contributed by atoms with Gasteiger partial charge in [-0.25, -0.2) is 0 Å². The summed E-state index contributed by atoms with van der Waals surface area (Å²) >= 11 is 0. The van der Waals surface area contributed by atoms with Gasteiger partial charge in [-0.2, -0.15) is 9.61 Å². The van der Waals surface area contributed by atoms with Crippen molar-refractivity contribution in [2.24, 2.45) is 5.73 Å². The van der Waals surface area contributed by atoms with Crippen LogP contribution >= 0.6 is 0 Å². The minimum absolute atomic E-state index is 0.297. The van der Waals surface area contributed by atoms with Crippen molar-refractivity contribution in [1.82, 2.24) is 19.8 Å². The van der Waals surface area contributed by atoms with Crippen LogP contribution in [0.2, 0.25) is 0 Å². The smallest absolute Gasteiger partial charge is 0.177 e. The lowest BCUT2D eigenvalue weighted by Gasteiger charge is -2.16. The van der Waals surface area contributed by atoms with E-state index in [4.69, 9.17) is 5.73 Å². The monoisotopic (exact) mass is 205 g/mol. The SMILES string of the molecule is Cc1ccc2nnc(CC(C)(C)N)n2n1. The molecule has 5 heteroatoms. The van der Waals surface area contributed by atoms with Crippen LogP contribution in [0.1, 0.15) is 25.4 Å². The van der Waals surface area contributed by atoms with Crippen LogP contribution in [0.5, 0.6) is 0 Å². The quantitative estimate of drug-likeness (QED) is 0.784. The maximum atomic E-state index is 5.95. The van der Waals surface area contributed by atoms with Gasteiger partial charge in [-0.05, 0) is 32.9 Å². The van der Waals surface area contributed by atoms with E-state index in [1.165, 1.54) is 0 Å². The van der Waals surface area contributed by atoms with E-state index >= 15 is 0 Å². The normalized spacial score (nSPS) is 12.3. The Kier molecular flexibility index (Phi) is 2.19. The van der Waals surface area contributed by atoms with E-state index in [2.05, 4.69) is 15.3 Å². The van der Waals surface area contributed by atoms with E-state index in [1.807, 2.05) is 32.9 Å². The topological polar surface area (TPSA) is 69.1 Å². The fourth-order valence-electron chi connectivity index (χ4n) is 1.44. The van der Waals surface area contributed by atoms with E-state index < -0.39 is 0 Å². The molecule has 2 aromatic rings. The summed E-state index contributed by atoms with van der Waals surface area (Å²) in [6.07, 6.45) is 0.657. The number of fused-ring (bicyclic) bond motifs is 1. The average Bonchev–Trinajstić information content (AvgIpc) is 2.46. The predicted molar refractivity (Wildman–Crippen MR) is 57.5 cm³/mol. The molecule has 0 atom stereocenters. The third-order valence-corrected chi connectivity index (χ3v) is 2.07. The molecule has 0 fully saturated rings. The highest BCUT2D eigenvalue weighted by atomic mass is 15.4. The number of aromatic nitrogens is 4. The predicted octanol–water partition coefficient (Wildman–Crippen LogP) is 0.713. The van der Waals surface area contributed by atoms with Gasteiger partial charge in [0.15, 0.2) is 11.5 Å². The van der Waals surface area contributed by atoms with Gasteiger partial charge in [0.05, 0.1) is 5.69 Å². The molecule has 0 aliphatic heterocycles. The van der Waals surface area contributed by atoms with Gasteiger partial charge in [0.1, 0.15) is 0 Å². The largest absolute Gasteiger partial charge is 0.325 e. The molecule has 0 unspecified atom stereocenters. The standard InChI is InChI=1S/C10H15N5/c1-7-4-5-8-12-13-9(15(8)14-7)6-10(2,3)11/h4-5H,6,11H2,1-3H3. The molecule has 0 spiro atoms. The molecule has 2 heterocycles. The van der Waals surface area contributed by atoms with Crippen molar-refractivity contribution in [2.45, 2.75) is 32.7 Å². The third-order valence-electron chi connectivity index (χ3n) is 2.07. The van der Waals surface area contributed by atoms with Crippen molar-refractivity contribution in [3.8, 4) is 0 Å². The molecule has 80 valence electrons. The lowest BCUT2D eigenvalue weighted by molar-refractivity contribution is 0.495. The highest BCUT2D eigenvalue weighted by Gasteiger charge is 2.16. The van der Waals surface area contributed by atoms with Crippen molar-refractivity contribution in [3.05, 3.63) is 23.7 Å². The second-order valence-corrected chi connectivity index (χ2v) is 4.53. The maximum Gasteiger partial charge on any atom is 0.177 e. The van der Waals surface area contributed by atoms with Gasteiger partial charge in [0.25, 0.3) is 0 Å². The highest BCUT2D eigenvalue weighted by molar-refractivity contribution is 5.36. The Morgan fingerprint density at radius 3 is 2.73 bits per heavy atom. The molecular weight excluding hydrogens is 190 g/mol. The minimum Gasteiger partial charge on any atom is -0.325 e. The summed E-state index contributed by atoms with van der Waals surface area (Å²) in [7, 11) is 0. The lowest BCUT2D eigenvalue weighted by Crippen LogP contribution is -2.35. The van der Waals surface area contributed by atoms with Crippen LogP contribution in [0, 0.1) is 6.92 Å². The number of hydrogen-bond acceptors (Lipinski definition) is 4. The zero-order valence-corrected chi connectivity index (χ0v) is 9.23. The molecule has 0 amide bonds. The molecule has 15 heavy (non-hydrogen) atoms. The molecule has 0 aliphatic rings. The van der Waals surface area contributed by atoms with Crippen LogP contribution in [-0.2, 0) is 6.42 Å². The van der Waals surface area contributed by atoms with Crippen LogP contribution in [0.4, 0.5) is 0 Å². The molecule has 2 N–H and O–H groups in total. The summed E-state index contributed by atoms with van der Waals surface area (Å²) in [6, 6.07) is 3.82. The lowest BCUT2D eigenvalue weighted by atomic mass is 10.0. The second-order valence-electron chi connectivity index (χ2n) is 4.53. The Hall–Kier alpha value is -1.49. The zero-order chi connectivity index (χ0) is 11.1. The molecule has 2 rings (SSSR count). The van der Waals surface area contributed by atoms with Gasteiger partial charge < -0.3 is 5.73 Å². The van der Waals surface area contributed by atoms with Gasteiger partial charge >= 0.3 is 0 Å². The summed E-state index contributed by atoms with van der Waals surface area (Å²) in [5.41, 5.74) is 7.36. The molecule has 0 saturated carbocycles. The number of nitrogens with zero attached hydrogens (tertiary/aromatic N) is 4. The van der Waals surface area contributed by atoms with Crippen LogP contribution < -0.4 is 5.73 Å². The fourth-order valence-corrected chi connectivity index (χ4v) is 1.44. The fraction of sp³-hybridized carbons (Fsp3) is 0.500. The van der Waals surface area contributed by atoms with E-state index in [-0.39, 0.29) is 5.54 Å². The summed E-state index contributed by atoms with van der Waals surface area (Å²) in [6.45, 7) is 5.87. The Bertz CT molecular complexity index is 480. The van der Waals surface area contributed by atoms with Gasteiger partial charge in [0, 0.05) is 12.0 Å². The molecule has 0 radical (unpaired) electrons. The molecule has 2 aromatic heterocycles. The first-order chi connectivity index (χ1) is 6.96. The maximum absolute atomic E-state index is 5.95. The first-order valence-electron chi connectivity index (χ1n) is 4.92. The van der Waals surface area contributed by atoms with Crippen LogP contribution in [0.15, 0.2) is 12.1 Å². The summed E-state index contributed by atoms with van der Waals surface area (Å²) in [5, 5.41) is 12.5. The number of aryl methyl sites for hydroxylation is 1. The van der Waals surface area contributed by atoms with E-state index in [0.717, 1.165) is 17.2 Å². The van der Waals surface area contributed by atoms with Gasteiger partial charge in [0.2, 0.25) is 0 Å². The average molecular weight is 205 g/mol. The van der Waals surface area contributed by atoms with Crippen molar-refractivity contribution in [1.29, 1.82) is 0 Å². The van der Waals surface area contributed by atoms with Crippen LogP contribution in [0.3, 0.4) is 0 Å². The molecule has 0 bridgehead atoms. The molecular formula is C10H15N5. The van der Waals surface area contributed by atoms with Crippen molar-refractivity contribution in [3.63, 3.8) is 0 Å². The van der Waals surface area contributed by atoms with E-state index in [1.54, 1.807) is 4.52 Å². The van der Waals surface area contributed by atoms with E-state index in [9.17, 15) is 0 Å². The molecule has 0 aliphatic carbocycles. The Labute approximate surface area is 88.3 Å². The van der Waals surface area contributed by atoms with Gasteiger partial charge in [-0.3, -0.25) is 0 Å². The van der Waals surface area contributed by atoms with Crippen LogP contribution in [0.25, 0.3) is 5.65 Å². The Morgan fingerprint density at radius 1 is 1.33 bits per heavy atom. The summed E-state index contributed by atoms with van der Waals surface area (Å²) in [4.78, 5) is 0. The molecule has 5 nitrogen and oxygen atoms in total. The Balaban J connectivity index is 2.48. The van der Waals surface area contributed by atoms with Gasteiger partial charge in [-0.15, -0.1) is 10.2 Å². The van der Waals surface area contributed by atoms with Gasteiger partial charge in [-0.1, -0.05) is 0 Å². The van der Waals surface area contributed by atoms with Crippen molar-refractivity contribution >= 4 is 5.65 Å². The summed E-state index contributed by atoms with van der Waals surface area (Å²) < 4.78 is 1.75. The Morgan fingerprint density at radius 2 is 2.07 bits per heavy atom. The highest BCUT2D eigenvalue weighted by Crippen LogP contribution is 2.09.